The third kappa shape index (κ3) is 9.91. The number of rotatable bonds is 10. The Morgan fingerprint density at radius 1 is 1.04 bits per heavy atom. The summed E-state index contributed by atoms with van der Waals surface area (Å²) in [6, 6.07) is 10.3. The molecule has 2 aliphatic carbocycles. The molecule has 0 radical (unpaired) electrons. The summed E-state index contributed by atoms with van der Waals surface area (Å²) >= 11 is 0. The molecule has 0 bridgehead atoms. The van der Waals surface area contributed by atoms with E-state index in [9.17, 15) is 27.6 Å². The molecule has 15 heteroatoms. The van der Waals surface area contributed by atoms with E-state index in [2.05, 4.69) is 46.4 Å². The van der Waals surface area contributed by atoms with Gasteiger partial charge in [-0.1, -0.05) is 12.1 Å². The molecule has 3 N–H and O–H groups in total. The number of carbonyl (C=O) groups is 4. The minimum Gasteiger partial charge on any atom is -0.483 e. The lowest BCUT2D eigenvalue weighted by atomic mass is 9.78. The highest BCUT2D eigenvalue weighted by Crippen LogP contribution is 2.37. The predicted octanol–water partition coefficient (Wildman–Crippen LogP) is 6.26. The van der Waals surface area contributed by atoms with E-state index in [4.69, 9.17) is 14.6 Å². The number of carboxylic acid groups (broad SMARTS) is 1. The van der Waals surface area contributed by atoms with Gasteiger partial charge in [-0.15, -0.1) is 0 Å². The Labute approximate surface area is 319 Å². The van der Waals surface area contributed by atoms with Crippen LogP contribution in [0.1, 0.15) is 99.5 Å². The molecule has 4 atom stereocenters. The van der Waals surface area contributed by atoms with Crippen LogP contribution in [-0.2, 0) is 25.3 Å². The summed E-state index contributed by atoms with van der Waals surface area (Å²) in [5.41, 5.74) is 1.23. The minimum atomic E-state index is -4.53. The molecule has 55 heavy (non-hydrogen) atoms. The van der Waals surface area contributed by atoms with Gasteiger partial charge in [0.1, 0.15) is 18.2 Å². The van der Waals surface area contributed by atoms with Crippen LogP contribution in [0.25, 0.3) is 10.9 Å². The van der Waals surface area contributed by atoms with Crippen molar-refractivity contribution in [1.29, 1.82) is 0 Å². The largest absolute Gasteiger partial charge is 0.483 e. The van der Waals surface area contributed by atoms with Crippen LogP contribution < -0.4 is 10.6 Å². The minimum absolute atomic E-state index is 0.0459. The normalized spacial score (nSPS) is 24.3. The summed E-state index contributed by atoms with van der Waals surface area (Å²) in [5, 5.41) is 13.5. The Hall–Kier alpha value is -4.79. The molecule has 3 fully saturated rings. The number of hydrogen-bond donors (Lipinski definition) is 3. The second-order valence-electron chi connectivity index (χ2n) is 14.9. The fourth-order valence-corrected chi connectivity index (χ4v) is 8.21. The second kappa shape index (κ2) is 18.2. The predicted molar refractivity (Wildman–Crippen MR) is 200 cm³/mol. The molecular weight excluding hydrogens is 717 g/mol. The van der Waals surface area contributed by atoms with Crippen LogP contribution in [0, 0.1) is 5.92 Å². The quantitative estimate of drug-likeness (QED) is 0.159. The summed E-state index contributed by atoms with van der Waals surface area (Å²) in [7, 11) is 2.09. The van der Waals surface area contributed by atoms with Gasteiger partial charge in [0.05, 0.1) is 35.7 Å². The van der Waals surface area contributed by atoms with Crippen molar-refractivity contribution in [2.45, 2.75) is 114 Å². The number of aromatic nitrogens is 2. The van der Waals surface area contributed by atoms with Gasteiger partial charge in [0, 0.05) is 29.6 Å². The number of benzene rings is 2. The van der Waals surface area contributed by atoms with Crippen molar-refractivity contribution >= 4 is 41.0 Å². The first-order chi connectivity index (χ1) is 26.2. The lowest BCUT2D eigenvalue weighted by molar-refractivity contribution is -0.149. The first-order valence-electron chi connectivity index (χ1n) is 19.0. The van der Waals surface area contributed by atoms with Crippen LogP contribution in [0.5, 0.6) is 0 Å². The summed E-state index contributed by atoms with van der Waals surface area (Å²) in [6.07, 6.45) is 2.79. The molecule has 0 spiro atoms. The highest BCUT2D eigenvalue weighted by atomic mass is 19.4. The highest BCUT2D eigenvalue weighted by Gasteiger charge is 2.43. The number of fused-ring (bicyclic) bond motifs is 1. The fraction of sp³-hybridized carbons (Fsp3) is 0.550. The van der Waals surface area contributed by atoms with Crippen LogP contribution in [0.2, 0.25) is 0 Å². The molecule has 1 aliphatic heterocycles. The number of hydrogen-bond acceptors (Lipinski definition) is 9. The molecule has 12 nitrogen and oxygen atoms in total. The van der Waals surface area contributed by atoms with E-state index in [1.54, 1.807) is 0 Å². The average molecular weight is 769 g/mol. The molecule has 0 unspecified atom stereocenters. The third-order valence-corrected chi connectivity index (χ3v) is 11.4. The Bertz CT molecular complexity index is 1800. The van der Waals surface area contributed by atoms with Crippen LogP contribution >= 0.6 is 0 Å². The van der Waals surface area contributed by atoms with Gasteiger partial charge in [-0.2, -0.15) is 13.2 Å². The number of nitrogens with one attached hydrogen (secondary N) is 2. The molecule has 1 aromatic heterocycles. The molecule has 2 heterocycles. The summed E-state index contributed by atoms with van der Waals surface area (Å²) in [6.45, 7) is 6.69. The SMILES string of the molecule is CCOC(=O)C1CCC(c2ccc(C(=O)N[C@@H]3C[C@H](N(C)C(C)C)CC[C@@H]3N3CC[C@H](Nc4ncnc5ccc(C(F)(F)F)cc45)C3=O)cc2)CC1.O=CO. The molecule has 2 aromatic carbocycles. The lowest BCUT2D eigenvalue weighted by Crippen LogP contribution is -2.58. The summed E-state index contributed by atoms with van der Waals surface area (Å²) < 4.78 is 45.7. The fourth-order valence-electron chi connectivity index (χ4n) is 8.21. The van der Waals surface area contributed by atoms with Gasteiger partial charge < -0.3 is 30.3 Å². The first-order valence-corrected chi connectivity index (χ1v) is 19.0. The second-order valence-corrected chi connectivity index (χ2v) is 14.9. The monoisotopic (exact) mass is 768 g/mol. The molecular formula is C40H51F3N6O6. The molecule has 2 saturated carbocycles. The maximum Gasteiger partial charge on any atom is 0.416 e. The van der Waals surface area contributed by atoms with Crippen LogP contribution in [0.15, 0.2) is 48.8 Å². The number of esters is 1. The Balaban J connectivity index is 0.00000187. The van der Waals surface area contributed by atoms with E-state index in [1.807, 2.05) is 36.1 Å². The number of ether oxygens (including phenoxy) is 1. The number of halogens is 3. The summed E-state index contributed by atoms with van der Waals surface area (Å²) in [4.78, 5) is 60.7. The zero-order valence-corrected chi connectivity index (χ0v) is 31.7. The van der Waals surface area contributed by atoms with E-state index in [1.165, 1.54) is 12.4 Å². The van der Waals surface area contributed by atoms with Crippen molar-refractivity contribution < 1.29 is 42.2 Å². The molecule has 298 valence electrons. The van der Waals surface area contributed by atoms with Crippen molar-refractivity contribution in [2.24, 2.45) is 5.92 Å². The molecule has 3 aliphatic rings. The van der Waals surface area contributed by atoms with E-state index in [0.29, 0.717) is 55.5 Å². The smallest absolute Gasteiger partial charge is 0.416 e. The Morgan fingerprint density at radius 2 is 1.73 bits per heavy atom. The van der Waals surface area contributed by atoms with Crippen molar-refractivity contribution in [1.82, 2.24) is 25.1 Å². The highest BCUT2D eigenvalue weighted by molar-refractivity contribution is 5.95. The maximum absolute atomic E-state index is 14.0. The van der Waals surface area contributed by atoms with Gasteiger partial charge in [-0.25, -0.2) is 9.97 Å². The van der Waals surface area contributed by atoms with Crippen LogP contribution in [-0.4, -0.2) is 99.5 Å². The Kier molecular flexibility index (Phi) is 13.7. The molecule has 6 rings (SSSR count). The van der Waals surface area contributed by atoms with Crippen molar-refractivity contribution in [3.8, 4) is 0 Å². The summed E-state index contributed by atoms with van der Waals surface area (Å²) in [5.74, 6) is -0.0158. The van der Waals surface area contributed by atoms with Gasteiger partial charge in [0.15, 0.2) is 0 Å². The Morgan fingerprint density at radius 3 is 2.36 bits per heavy atom. The van der Waals surface area contributed by atoms with Crippen LogP contribution in [0.4, 0.5) is 19.0 Å². The van der Waals surface area contributed by atoms with Gasteiger partial charge in [0.2, 0.25) is 5.91 Å². The van der Waals surface area contributed by atoms with Crippen molar-refractivity contribution in [3.63, 3.8) is 0 Å². The van der Waals surface area contributed by atoms with Crippen LogP contribution in [0.3, 0.4) is 0 Å². The molecule has 3 aromatic rings. The number of anilines is 1. The van der Waals surface area contributed by atoms with E-state index in [-0.39, 0.29) is 59.5 Å². The molecule has 1 saturated heterocycles. The number of alkyl halides is 3. The number of amides is 2. The number of carbonyl (C=O) groups excluding carboxylic acids is 3. The maximum atomic E-state index is 14.0. The van der Waals surface area contributed by atoms with Gasteiger partial charge in [0.25, 0.3) is 12.4 Å². The van der Waals surface area contributed by atoms with E-state index in [0.717, 1.165) is 49.8 Å². The van der Waals surface area contributed by atoms with Gasteiger partial charge >= 0.3 is 12.1 Å². The third-order valence-electron chi connectivity index (χ3n) is 11.4. The zero-order valence-electron chi connectivity index (χ0n) is 31.7. The number of likely N-dealkylation sites (tertiary alicyclic amines) is 1. The lowest BCUT2D eigenvalue weighted by Gasteiger charge is -2.44. The topological polar surface area (TPSA) is 154 Å². The van der Waals surface area contributed by atoms with Crippen molar-refractivity contribution in [3.05, 3.63) is 65.5 Å². The van der Waals surface area contributed by atoms with E-state index < -0.39 is 17.8 Å². The standard InChI is InChI=1S/C39H49F3N6O4.CH2O2/c1-5-52-38(51)27-12-8-25(9-13-27)24-6-10-26(11-7-24)36(49)46-33-21-29(47(4)23(2)3)15-17-34(33)48-19-18-32(37(48)50)45-35-30-20-28(39(40,41)42)14-16-31(30)43-22-44-35;2-1-3/h6-7,10-11,14,16,20,22-23,25,27,29,32-34H,5,8-9,12-13,15,17-19,21H2,1-4H3,(H,46,49)(H,43,44,45);1H,(H,2,3)/t25?,27?,29-,32+,33-,34+;/m1./s1. The van der Waals surface area contributed by atoms with E-state index >= 15 is 0 Å². The first kappa shape index (κ1) is 41.4. The van der Waals surface area contributed by atoms with Gasteiger partial charge in [-0.3, -0.25) is 19.2 Å². The zero-order chi connectivity index (χ0) is 39.9. The number of nitrogens with zero attached hydrogens (tertiary/aromatic N) is 4. The molecule has 2 amide bonds. The van der Waals surface area contributed by atoms with Crippen molar-refractivity contribution in [2.75, 3.05) is 25.5 Å². The van der Waals surface area contributed by atoms with Gasteiger partial charge in [-0.05, 0) is 121 Å². The average Bonchev–Trinajstić information content (AvgIpc) is 3.53.